The maximum Gasteiger partial charge on any atom is 0.337 e. The minimum absolute atomic E-state index is 0.00737. The van der Waals surface area contributed by atoms with E-state index in [0.29, 0.717) is 17.7 Å². The quantitative estimate of drug-likeness (QED) is 0.850. The Labute approximate surface area is 106 Å². The molecule has 0 atom stereocenters. The van der Waals surface area contributed by atoms with Crippen molar-refractivity contribution in [2.45, 2.75) is 0 Å². The molecule has 1 rings (SSSR count). The van der Waals surface area contributed by atoms with E-state index < -0.39 is 5.97 Å². The number of rotatable bonds is 5. The second-order valence-electron chi connectivity index (χ2n) is 2.80. The first kappa shape index (κ1) is 13.1. The van der Waals surface area contributed by atoms with E-state index in [4.69, 9.17) is 26.2 Å². The average molecular weight is 310 g/mol. The zero-order valence-corrected chi connectivity index (χ0v) is 10.8. The van der Waals surface area contributed by atoms with Gasteiger partial charge in [-0.25, -0.2) is 4.79 Å². The van der Waals surface area contributed by atoms with Crippen LogP contribution in [0.3, 0.4) is 0 Å². The largest absolute Gasteiger partial charge is 0.493 e. The van der Waals surface area contributed by atoms with Gasteiger partial charge >= 0.3 is 5.97 Å². The van der Waals surface area contributed by atoms with Crippen LogP contribution in [0.15, 0.2) is 12.1 Å². The molecule has 16 heavy (non-hydrogen) atoms. The summed E-state index contributed by atoms with van der Waals surface area (Å²) in [5.74, 6) is -0.434. The molecule has 6 heteroatoms. The highest BCUT2D eigenvalue weighted by atomic mass is 79.9. The van der Waals surface area contributed by atoms with Gasteiger partial charge in [0.2, 0.25) is 0 Å². The third-order valence-corrected chi connectivity index (χ3v) is 2.53. The van der Waals surface area contributed by atoms with Crippen molar-refractivity contribution in [3.05, 3.63) is 22.7 Å². The van der Waals surface area contributed by atoms with Crippen molar-refractivity contribution in [3.63, 3.8) is 0 Å². The van der Waals surface area contributed by atoms with Crippen LogP contribution < -0.4 is 9.47 Å². The van der Waals surface area contributed by atoms with Crippen LogP contribution in [0.5, 0.6) is 11.5 Å². The zero-order chi connectivity index (χ0) is 12.1. The predicted molar refractivity (Wildman–Crippen MR) is 64.3 cm³/mol. The fourth-order valence-corrected chi connectivity index (χ4v) is 1.59. The molecule has 0 aliphatic carbocycles. The van der Waals surface area contributed by atoms with E-state index in [2.05, 4.69) is 15.9 Å². The topological polar surface area (TPSA) is 55.8 Å². The molecule has 0 unspecified atom stereocenters. The lowest BCUT2D eigenvalue weighted by atomic mass is 10.2. The smallest absolute Gasteiger partial charge is 0.337 e. The molecule has 0 aliphatic heterocycles. The number of hydrogen-bond donors (Lipinski definition) is 1. The van der Waals surface area contributed by atoms with E-state index in [1.165, 1.54) is 19.2 Å². The Bertz CT molecular complexity index is 395. The van der Waals surface area contributed by atoms with E-state index in [1.54, 1.807) is 0 Å². The Morgan fingerprint density at radius 3 is 2.75 bits per heavy atom. The first-order valence-electron chi connectivity index (χ1n) is 4.40. The van der Waals surface area contributed by atoms with Gasteiger partial charge in [0.1, 0.15) is 5.02 Å². The molecule has 0 saturated carbocycles. The highest BCUT2D eigenvalue weighted by Crippen LogP contribution is 2.37. The SMILES string of the molecule is COc1ccc(C(=O)O)c(Cl)c1OCCBr. The number of hydrogen-bond acceptors (Lipinski definition) is 3. The number of carboxylic acids is 1. The molecule has 0 aromatic heterocycles. The minimum atomic E-state index is -1.10. The Kier molecular flexibility index (Phi) is 4.89. The van der Waals surface area contributed by atoms with Gasteiger partial charge in [-0.1, -0.05) is 27.5 Å². The standard InChI is InChI=1S/C10H10BrClO4/c1-15-7-3-2-6(10(13)14)8(12)9(7)16-5-4-11/h2-3H,4-5H2,1H3,(H,13,14). The van der Waals surface area contributed by atoms with Gasteiger partial charge in [0.25, 0.3) is 0 Å². The number of halogens is 2. The van der Waals surface area contributed by atoms with Crippen molar-refractivity contribution < 1.29 is 19.4 Å². The van der Waals surface area contributed by atoms with Gasteiger partial charge in [0.05, 0.1) is 19.3 Å². The molecule has 0 fully saturated rings. The van der Waals surface area contributed by atoms with E-state index in [9.17, 15) is 4.79 Å². The monoisotopic (exact) mass is 308 g/mol. The number of aromatic carboxylic acids is 1. The molecule has 0 saturated heterocycles. The van der Waals surface area contributed by atoms with Gasteiger partial charge in [0.15, 0.2) is 11.5 Å². The summed E-state index contributed by atoms with van der Waals surface area (Å²) in [6.07, 6.45) is 0. The number of alkyl halides is 1. The van der Waals surface area contributed by atoms with E-state index in [1.807, 2.05) is 0 Å². The maximum atomic E-state index is 10.9. The molecule has 0 bridgehead atoms. The van der Waals surface area contributed by atoms with Gasteiger partial charge < -0.3 is 14.6 Å². The van der Waals surface area contributed by atoms with Crippen LogP contribution in [-0.4, -0.2) is 30.1 Å². The number of carbonyl (C=O) groups is 1. The van der Waals surface area contributed by atoms with Gasteiger partial charge in [-0.05, 0) is 12.1 Å². The van der Waals surface area contributed by atoms with Crippen LogP contribution in [0.1, 0.15) is 10.4 Å². The average Bonchev–Trinajstić information content (AvgIpc) is 2.26. The molecular formula is C10H10BrClO4. The lowest BCUT2D eigenvalue weighted by molar-refractivity contribution is 0.0696. The van der Waals surface area contributed by atoms with Crippen molar-refractivity contribution in [2.24, 2.45) is 0 Å². The molecule has 1 N–H and O–H groups in total. The molecule has 4 nitrogen and oxygen atoms in total. The summed E-state index contributed by atoms with van der Waals surface area (Å²) < 4.78 is 10.4. The summed E-state index contributed by atoms with van der Waals surface area (Å²) in [7, 11) is 1.47. The molecule has 0 spiro atoms. The molecule has 0 amide bonds. The Balaban J connectivity index is 3.17. The Morgan fingerprint density at radius 2 is 2.25 bits per heavy atom. The van der Waals surface area contributed by atoms with Gasteiger partial charge in [-0.15, -0.1) is 0 Å². The highest BCUT2D eigenvalue weighted by molar-refractivity contribution is 9.09. The van der Waals surface area contributed by atoms with Gasteiger partial charge in [-0.2, -0.15) is 0 Å². The number of methoxy groups -OCH3 is 1. The normalized spacial score (nSPS) is 9.94. The van der Waals surface area contributed by atoms with Crippen molar-refractivity contribution in [1.82, 2.24) is 0 Å². The number of ether oxygens (including phenoxy) is 2. The third-order valence-electron chi connectivity index (χ3n) is 1.83. The lowest BCUT2D eigenvalue weighted by Gasteiger charge is -2.12. The van der Waals surface area contributed by atoms with Crippen molar-refractivity contribution in [3.8, 4) is 11.5 Å². The fraction of sp³-hybridized carbons (Fsp3) is 0.300. The van der Waals surface area contributed by atoms with Gasteiger partial charge in [0, 0.05) is 5.33 Å². The molecule has 0 heterocycles. The minimum Gasteiger partial charge on any atom is -0.493 e. The van der Waals surface area contributed by atoms with Crippen molar-refractivity contribution >= 4 is 33.5 Å². The molecule has 1 aromatic rings. The van der Waals surface area contributed by atoms with E-state index in [0.717, 1.165) is 0 Å². The number of benzene rings is 1. The summed E-state index contributed by atoms with van der Waals surface area (Å²) in [6, 6.07) is 2.89. The molecule has 0 radical (unpaired) electrons. The van der Waals surface area contributed by atoms with Gasteiger partial charge in [-0.3, -0.25) is 0 Å². The van der Waals surface area contributed by atoms with Crippen LogP contribution in [-0.2, 0) is 0 Å². The van der Waals surface area contributed by atoms with E-state index in [-0.39, 0.29) is 16.3 Å². The summed E-state index contributed by atoms with van der Waals surface area (Å²) >= 11 is 9.12. The van der Waals surface area contributed by atoms with Crippen LogP contribution in [0.4, 0.5) is 0 Å². The van der Waals surface area contributed by atoms with Crippen molar-refractivity contribution in [2.75, 3.05) is 19.0 Å². The summed E-state index contributed by atoms with van der Waals surface area (Å²) in [6.45, 7) is 0.374. The third kappa shape index (κ3) is 2.80. The highest BCUT2D eigenvalue weighted by Gasteiger charge is 2.17. The predicted octanol–water partition coefficient (Wildman–Crippen LogP) is 2.82. The number of carboxylic acid groups (broad SMARTS) is 1. The zero-order valence-electron chi connectivity index (χ0n) is 8.50. The molecule has 0 aliphatic rings. The van der Waals surface area contributed by atoms with Crippen LogP contribution in [0, 0.1) is 0 Å². The second kappa shape index (κ2) is 5.96. The fourth-order valence-electron chi connectivity index (χ4n) is 1.14. The summed E-state index contributed by atoms with van der Waals surface area (Å²) in [5.41, 5.74) is -0.00737. The molecular weight excluding hydrogens is 299 g/mol. The van der Waals surface area contributed by atoms with Crippen molar-refractivity contribution in [1.29, 1.82) is 0 Å². The van der Waals surface area contributed by atoms with Crippen LogP contribution in [0.25, 0.3) is 0 Å². The van der Waals surface area contributed by atoms with Crippen LogP contribution >= 0.6 is 27.5 Å². The molecule has 1 aromatic carbocycles. The first-order valence-corrected chi connectivity index (χ1v) is 5.90. The Morgan fingerprint density at radius 1 is 1.56 bits per heavy atom. The maximum absolute atomic E-state index is 10.9. The second-order valence-corrected chi connectivity index (χ2v) is 3.97. The Hall–Kier alpha value is -0.940. The molecule has 88 valence electrons. The summed E-state index contributed by atoms with van der Waals surface area (Å²) in [4.78, 5) is 10.9. The first-order chi connectivity index (χ1) is 7.61. The summed E-state index contributed by atoms with van der Waals surface area (Å²) in [5, 5.41) is 9.55. The lowest BCUT2D eigenvalue weighted by Crippen LogP contribution is -2.04. The van der Waals surface area contributed by atoms with E-state index >= 15 is 0 Å². The van der Waals surface area contributed by atoms with Crippen LogP contribution in [0.2, 0.25) is 5.02 Å².